The Bertz CT molecular complexity index is 360. The van der Waals surface area contributed by atoms with Crippen molar-refractivity contribution in [3.05, 3.63) is 0 Å². The molecule has 2 rings (SSSR count). The summed E-state index contributed by atoms with van der Waals surface area (Å²) in [7, 11) is -2.83. The number of rotatable bonds is 3. The van der Waals surface area contributed by atoms with E-state index in [-0.39, 0.29) is 23.6 Å². The Hall–Kier alpha value is -0.200. The van der Waals surface area contributed by atoms with Crippen molar-refractivity contribution in [3.8, 4) is 0 Å². The largest absolute Gasteiger partial charge is 0.328 e. The molecule has 1 saturated carbocycles. The van der Waals surface area contributed by atoms with Crippen LogP contribution in [0.15, 0.2) is 0 Å². The second kappa shape index (κ2) is 4.82. The van der Waals surface area contributed by atoms with Crippen molar-refractivity contribution in [2.45, 2.75) is 49.9 Å². The molecule has 17 heavy (non-hydrogen) atoms. The van der Waals surface area contributed by atoms with Crippen LogP contribution in [-0.4, -0.2) is 44.2 Å². The van der Waals surface area contributed by atoms with E-state index < -0.39 is 15.5 Å². The highest BCUT2D eigenvalue weighted by Crippen LogP contribution is 2.32. The Morgan fingerprint density at radius 3 is 2.47 bits per heavy atom. The van der Waals surface area contributed by atoms with Gasteiger partial charge < -0.3 is 11.1 Å². The Labute approximate surface area is 102 Å². The lowest BCUT2D eigenvalue weighted by molar-refractivity contribution is 0.159. The third-order valence-corrected chi connectivity index (χ3v) is 5.57. The highest BCUT2D eigenvalue weighted by molar-refractivity contribution is 7.91. The van der Waals surface area contributed by atoms with Crippen LogP contribution in [0.4, 0.5) is 4.39 Å². The topological polar surface area (TPSA) is 72.2 Å². The summed E-state index contributed by atoms with van der Waals surface area (Å²) in [5, 5.41) is 3.17. The van der Waals surface area contributed by atoms with Gasteiger partial charge in [0.25, 0.3) is 0 Å². The van der Waals surface area contributed by atoms with Crippen LogP contribution in [0.1, 0.15) is 32.1 Å². The molecule has 0 aromatic carbocycles. The highest BCUT2D eigenvalue weighted by atomic mass is 32.2. The fourth-order valence-corrected chi connectivity index (χ4v) is 4.19. The van der Waals surface area contributed by atoms with Crippen LogP contribution in [0, 0.1) is 0 Å². The van der Waals surface area contributed by atoms with Crippen LogP contribution in [0.25, 0.3) is 0 Å². The van der Waals surface area contributed by atoms with Crippen LogP contribution >= 0.6 is 0 Å². The molecule has 2 aliphatic rings. The van der Waals surface area contributed by atoms with Crippen LogP contribution in [0.5, 0.6) is 0 Å². The maximum Gasteiger partial charge on any atom is 0.150 e. The molecule has 2 atom stereocenters. The lowest BCUT2D eigenvalue weighted by Crippen LogP contribution is -2.44. The van der Waals surface area contributed by atoms with E-state index in [1.807, 2.05) is 0 Å². The van der Waals surface area contributed by atoms with Gasteiger partial charge in [-0.05, 0) is 32.1 Å². The maximum absolute atomic E-state index is 14.2. The lowest BCUT2D eigenvalue weighted by atomic mass is 10.0. The lowest BCUT2D eigenvalue weighted by Gasteiger charge is -2.27. The molecule has 1 saturated heterocycles. The number of sulfone groups is 1. The predicted octanol–water partition coefficient (Wildman–Crippen LogP) is 0.373. The van der Waals surface area contributed by atoms with Crippen molar-refractivity contribution in [2.75, 3.05) is 18.1 Å². The average molecular weight is 264 g/mol. The first-order valence-corrected chi connectivity index (χ1v) is 8.09. The third kappa shape index (κ3) is 3.63. The summed E-state index contributed by atoms with van der Waals surface area (Å²) in [5.74, 6) is 0.451. The average Bonchev–Trinajstić information content (AvgIpc) is 2.58. The molecule has 4 nitrogen and oxygen atoms in total. The minimum Gasteiger partial charge on any atom is -0.328 e. The summed E-state index contributed by atoms with van der Waals surface area (Å²) in [6, 6.07) is 0.122. The summed E-state index contributed by atoms with van der Waals surface area (Å²) in [6.07, 6.45) is 2.89. The fraction of sp³-hybridized carbons (Fsp3) is 1.00. The first-order valence-electron chi connectivity index (χ1n) is 6.27. The van der Waals surface area contributed by atoms with E-state index >= 15 is 0 Å². The summed E-state index contributed by atoms with van der Waals surface area (Å²) in [5.41, 5.74) is 4.52. The Kier molecular flexibility index (Phi) is 3.75. The van der Waals surface area contributed by atoms with Crippen LogP contribution < -0.4 is 11.1 Å². The fourth-order valence-electron chi connectivity index (χ4n) is 2.70. The minimum absolute atomic E-state index is 0.0199. The van der Waals surface area contributed by atoms with Crippen LogP contribution in [0.2, 0.25) is 0 Å². The zero-order valence-corrected chi connectivity index (χ0v) is 10.8. The molecule has 6 heteroatoms. The van der Waals surface area contributed by atoms with Gasteiger partial charge >= 0.3 is 0 Å². The summed E-state index contributed by atoms with van der Waals surface area (Å²) >= 11 is 0. The van der Waals surface area contributed by atoms with E-state index in [1.54, 1.807) is 0 Å². The molecule has 2 unspecified atom stereocenters. The second-order valence-electron chi connectivity index (χ2n) is 5.46. The number of hydrogen-bond donors (Lipinski definition) is 2. The van der Waals surface area contributed by atoms with E-state index in [0.29, 0.717) is 32.2 Å². The van der Waals surface area contributed by atoms with Crippen molar-refractivity contribution in [2.24, 2.45) is 5.73 Å². The normalized spacial score (nSPS) is 38.4. The molecule has 1 heterocycles. The SMILES string of the molecule is NC1CCC(F)(CNC2CCS(=O)(=O)CC2)C1. The van der Waals surface area contributed by atoms with Crippen molar-refractivity contribution >= 4 is 9.84 Å². The molecule has 2 fully saturated rings. The van der Waals surface area contributed by atoms with Gasteiger partial charge in [-0.25, -0.2) is 12.8 Å². The van der Waals surface area contributed by atoms with Gasteiger partial charge in [-0.2, -0.15) is 0 Å². The number of halogens is 1. The molecule has 0 amide bonds. The number of alkyl halides is 1. The van der Waals surface area contributed by atoms with Crippen molar-refractivity contribution in [3.63, 3.8) is 0 Å². The van der Waals surface area contributed by atoms with E-state index in [4.69, 9.17) is 5.73 Å². The molecular formula is C11H21FN2O2S. The molecule has 0 aromatic heterocycles. The van der Waals surface area contributed by atoms with Crippen molar-refractivity contribution < 1.29 is 12.8 Å². The molecule has 1 aliphatic heterocycles. The summed E-state index contributed by atoms with van der Waals surface area (Å²) in [4.78, 5) is 0. The Morgan fingerprint density at radius 1 is 1.29 bits per heavy atom. The molecule has 0 aromatic rings. The van der Waals surface area contributed by atoms with Gasteiger partial charge in [0.1, 0.15) is 15.5 Å². The molecule has 1 aliphatic carbocycles. The Balaban J connectivity index is 1.76. The zero-order chi connectivity index (χ0) is 12.5. The molecular weight excluding hydrogens is 243 g/mol. The number of nitrogens with one attached hydrogen (secondary N) is 1. The minimum atomic E-state index is -2.83. The number of hydrogen-bond acceptors (Lipinski definition) is 4. The van der Waals surface area contributed by atoms with Crippen LogP contribution in [-0.2, 0) is 9.84 Å². The second-order valence-corrected chi connectivity index (χ2v) is 7.76. The van der Waals surface area contributed by atoms with Gasteiger partial charge in [0.2, 0.25) is 0 Å². The Morgan fingerprint density at radius 2 is 1.94 bits per heavy atom. The molecule has 3 N–H and O–H groups in total. The van der Waals surface area contributed by atoms with E-state index in [1.165, 1.54) is 0 Å². The standard InChI is InChI=1S/C11H21FN2O2S/c12-11(4-1-9(13)7-11)8-14-10-2-5-17(15,16)6-3-10/h9-10,14H,1-8,13H2. The maximum atomic E-state index is 14.2. The van der Waals surface area contributed by atoms with Gasteiger partial charge in [0.15, 0.2) is 0 Å². The van der Waals surface area contributed by atoms with Crippen molar-refractivity contribution in [1.82, 2.24) is 5.32 Å². The van der Waals surface area contributed by atoms with Gasteiger partial charge in [-0.1, -0.05) is 0 Å². The summed E-state index contributed by atoms with van der Waals surface area (Å²) < 4.78 is 36.7. The van der Waals surface area contributed by atoms with Crippen molar-refractivity contribution in [1.29, 1.82) is 0 Å². The van der Waals surface area contributed by atoms with Gasteiger partial charge in [0.05, 0.1) is 11.5 Å². The van der Waals surface area contributed by atoms with Crippen LogP contribution in [0.3, 0.4) is 0 Å². The first kappa shape index (κ1) is 13.2. The predicted molar refractivity (Wildman–Crippen MR) is 65.3 cm³/mol. The monoisotopic (exact) mass is 264 g/mol. The van der Waals surface area contributed by atoms with E-state index in [0.717, 1.165) is 6.42 Å². The molecule has 0 radical (unpaired) electrons. The first-order chi connectivity index (χ1) is 7.89. The molecule has 0 bridgehead atoms. The molecule has 0 spiro atoms. The quantitative estimate of drug-likeness (QED) is 0.772. The third-order valence-electron chi connectivity index (χ3n) is 3.85. The van der Waals surface area contributed by atoms with E-state index in [9.17, 15) is 12.8 Å². The summed E-state index contributed by atoms with van der Waals surface area (Å²) in [6.45, 7) is 0.311. The number of nitrogens with two attached hydrogens (primary N) is 1. The van der Waals surface area contributed by atoms with Gasteiger partial charge in [-0.3, -0.25) is 0 Å². The van der Waals surface area contributed by atoms with Gasteiger partial charge in [-0.15, -0.1) is 0 Å². The van der Waals surface area contributed by atoms with E-state index in [2.05, 4.69) is 5.32 Å². The zero-order valence-electron chi connectivity index (χ0n) is 9.99. The molecule has 100 valence electrons. The highest BCUT2D eigenvalue weighted by Gasteiger charge is 2.38. The smallest absolute Gasteiger partial charge is 0.150 e. The van der Waals surface area contributed by atoms with Gasteiger partial charge in [0, 0.05) is 18.6 Å².